The van der Waals surface area contributed by atoms with Crippen molar-refractivity contribution in [1.82, 2.24) is 0 Å². The van der Waals surface area contributed by atoms with Crippen molar-refractivity contribution in [2.45, 2.75) is 57.6 Å². The summed E-state index contributed by atoms with van der Waals surface area (Å²) in [4.78, 5) is 15.8. The lowest BCUT2D eigenvalue weighted by atomic mass is 9.77. The molecule has 1 spiro atoms. The molecule has 0 radical (unpaired) electrons. The molecule has 0 N–H and O–H groups in total. The van der Waals surface area contributed by atoms with E-state index in [2.05, 4.69) is 43.0 Å². The second-order valence-corrected chi connectivity index (χ2v) is 11.7. The van der Waals surface area contributed by atoms with Crippen molar-refractivity contribution in [3.05, 3.63) is 118 Å². The van der Waals surface area contributed by atoms with Crippen LogP contribution in [0.5, 0.6) is 11.5 Å². The Balaban J connectivity index is 1.44. The van der Waals surface area contributed by atoms with Gasteiger partial charge in [-0.25, -0.2) is 4.79 Å². The Labute approximate surface area is 240 Å². The summed E-state index contributed by atoms with van der Waals surface area (Å²) in [5.74, 6) is 1.90. The van der Waals surface area contributed by atoms with E-state index in [4.69, 9.17) is 21.1 Å². The Hall–Kier alpha value is -3.76. The zero-order valence-corrected chi connectivity index (χ0v) is 23.6. The smallest absolute Gasteiger partial charge is 0.340 e. The van der Waals surface area contributed by atoms with E-state index in [0.29, 0.717) is 17.4 Å². The Morgan fingerprint density at radius 1 is 0.850 bits per heavy atom. The highest BCUT2D eigenvalue weighted by Crippen LogP contribution is 2.57. The SMILES string of the molecule is CCC1CCC(N(c2ccc(Cl)cc2)c2cc3c(cc2C)Oc2ccccc2C32OC(=O)c3ccccc32)CC1. The van der Waals surface area contributed by atoms with Crippen molar-refractivity contribution in [2.75, 3.05) is 4.90 Å². The highest BCUT2D eigenvalue weighted by atomic mass is 35.5. The van der Waals surface area contributed by atoms with E-state index in [0.717, 1.165) is 63.2 Å². The molecule has 7 rings (SSSR count). The molecule has 1 unspecified atom stereocenters. The molecule has 1 fully saturated rings. The lowest BCUT2D eigenvalue weighted by Gasteiger charge is -2.41. The zero-order chi connectivity index (χ0) is 27.4. The van der Waals surface area contributed by atoms with Crippen LogP contribution in [0.3, 0.4) is 0 Å². The van der Waals surface area contributed by atoms with Gasteiger partial charge in [0.15, 0.2) is 5.60 Å². The van der Waals surface area contributed by atoms with E-state index in [1.54, 1.807) is 0 Å². The standard InChI is InChI=1S/C35H32ClNO3/c1-3-23-12-16-25(17-13-23)37(26-18-14-24(36)15-19-26)31-21-30-33(20-22(31)2)39-32-11-7-6-10-29(32)35(30)28-9-5-4-8-27(28)34(38)40-35/h4-11,14-15,18-21,23,25H,3,12-13,16-17H2,1-2H3. The van der Waals surface area contributed by atoms with Crippen LogP contribution in [0.1, 0.15) is 71.6 Å². The molecule has 2 aliphatic heterocycles. The number of carbonyl (C=O) groups is 1. The monoisotopic (exact) mass is 549 g/mol. The van der Waals surface area contributed by atoms with E-state index in [1.807, 2.05) is 60.7 Å². The zero-order valence-electron chi connectivity index (χ0n) is 22.8. The van der Waals surface area contributed by atoms with Gasteiger partial charge < -0.3 is 14.4 Å². The third-order valence-electron chi connectivity index (χ3n) is 9.06. The number of hydrogen-bond donors (Lipinski definition) is 0. The number of rotatable bonds is 4. The summed E-state index contributed by atoms with van der Waals surface area (Å²) < 4.78 is 12.9. The maximum absolute atomic E-state index is 13.3. The molecular formula is C35H32ClNO3. The molecule has 3 aliphatic rings. The Bertz CT molecular complexity index is 1610. The fourth-order valence-corrected chi connectivity index (χ4v) is 7.10. The number of aryl methyl sites for hydroxylation is 1. The summed E-state index contributed by atoms with van der Waals surface area (Å²) in [5, 5.41) is 0.721. The fourth-order valence-electron chi connectivity index (χ4n) is 6.98. The van der Waals surface area contributed by atoms with Crippen LogP contribution in [-0.4, -0.2) is 12.0 Å². The van der Waals surface area contributed by atoms with Crippen LogP contribution in [0.4, 0.5) is 11.4 Å². The number of ether oxygens (including phenoxy) is 2. The van der Waals surface area contributed by atoms with E-state index < -0.39 is 5.60 Å². The third kappa shape index (κ3) is 3.84. The molecule has 4 nitrogen and oxygen atoms in total. The van der Waals surface area contributed by atoms with Gasteiger partial charge in [-0.15, -0.1) is 0 Å². The van der Waals surface area contributed by atoms with E-state index >= 15 is 0 Å². The number of fused-ring (bicyclic) bond motifs is 6. The minimum atomic E-state index is -1.08. The summed E-state index contributed by atoms with van der Waals surface area (Å²) >= 11 is 6.32. The number of halogens is 1. The lowest BCUT2D eigenvalue weighted by molar-refractivity contribution is 0.0224. The number of hydrogen-bond acceptors (Lipinski definition) is 4. The molecule has 0 amide bonds. The van der Waals surface area contributed by atoms with Crippen molar-refractivity contribution in [1.29, 1.82) is 0 Å². The topological polar surface area (TPSA) is 38.8 Å². The molecule has 4 aromatic carbocycles. The Kier molecular flexibility index (Phi) is 6.12. The minimum absolute atomic E-state index is 0.312. The molecule has 1 aliphatic carbocycles. The van der Waals surface area contributed by atoms with Gasteiger partial charge in [0.1, 0.15) is 11.5 Å². The molecule has 1 saturated carbocycles. The molecule has 5 heteroatoms. The largest absolute Gasteiger partial charge is 0.456 e. The summed E-state index contributed by atoms with van der Waals surface area (Å²) in [5.41, 5.74) is 5.40. The summed E-state index contributed by atoms with van der Waals surface area (Å²) in [6.45, 7) is 4.44. The highest BCUT2D eigenvalue weighted by Gasteiger charge is 2.53. The van der Waals surface area contributed by atoms with E-state index in [1.165, 1.54) is 19.3 Å². The molecule has 0 aromatic heterocycles. The van der Waals surface area contributed by atoms with Crippen LogP contribution in [0, 0.1) is 12.8 Å². The van der Waals surface area contributed by atoms with Gasteiger partial charge in [-0.2, -0.15) is 0 Å². The maximum Gasteiger partial charge on any atom is 0.340 e. The summed E-state index contributed by atoms with van der Waals surface area (Å²) in [7, 11) is 0. The molecule has 0 saturated heterocycles. The number of benzene rings is 4. The molecule has 40 heavy (non-hydrogen) atoms. The Morgan fingerprint density at radius 2 is 1.55 bits per heavy atom. The van der Waals surface area contributed by atoms with Gasteiger partial charge in [0.2, 0.25) is 0 Å². The van der Waals surface area contributed by atoms with Gasteiger partial charge in [0.05, 0.1) is 5.56 Å². The third-order valence-corrected chi connectivity index (χ3v) is 9.31. The molecule has 1 atom stereocenters. The van der Waals surface area contributed by atoms with Gasteiger partial charge in [0.25, 0.3) is 0 Å². The first kappa shape index (κ1) is 25.2. The van der Waals surface area contributed by atoms with Gasteiger partial charge in [-0.3, -0.25) is 0 Å². The van der Waals surface area contributed by atoms with Crippen molar-refractivity contribution in [2.24, 2.45) is 5.92 Å². The molecule has 4 aromatic rings. The van der Waals surface area contributed by atoms with E-state index in [-0.39, 0.29) is 5.97 Å². The molecule has 2 heterocycles. The second-order valence-electron chi connectivity index (χ2n) is 11.3. The van der Waals surface area contributed by atoms with Crippen LogP contribution < -0.4 is 9.64 Å². The highest BCUT2D eigenvalue weighted by molar-refractivity contribution is 6.30. The maximum atomic E-state index is 13.3. The van der Waals surface area contributed by atoms with Gasteiger partial charge >= 0.3 is 5.97 Å². The first-order chi connectivity index (χ1) is 19.5. The summed E-state index contributed by atoms with van der Waals surface area (Å²) in [6.07, 6.45) is 5.93. The normalized spacial score (nSPS) is 22.6. The summed E-state index contributed by atoms with van der Waals surface area (Å²) in [6, 6.07) is 28.4. The number of para-hydroxylation sites is 1. The van der Waals surface area contributed by atoms with Crippen LogP contribution in [0.25, 0.3) is 0 Å². The van der Waals surface area contributed by atoms with Gasteiger partial charge in [-0.05, 0) is 92.6 Å². The van der Waals surface area contributed by atoms with Gasteiger partial charge in [-0.1, -0.05) is 61.3 Å². The van der Waals surface area contributed by atoms with Crippen LogP contribution in [0.2, 0.25) is 5.02 Å². The van der Waals surface area contributed by atoms with Crippen LogP contribution >= 0.6 is 11.6 Å². The van der Waals surface area contributed by atoms with Crippen molar-refractivity contribution < 1.29 is 14.3 Å². The predicted octanol–water partition coefficient (Wildman–Crippen LogP) is 9.32. The first-order valence-electron chi connectivity index (χ1n) is 14.3. The molecule has 0 bridgehead atoms. The molecule has 202 valence electrons. The van der Waals surface area contributed by atoms with Crippen LogP contribution in [0.15, 0.2) is 84.9 Å². The number of carbonyl (C=O) groups excluding carboxylic acids is 1. The average Bonchev–Trinajstić information content (AvgIpc) is 3.28. The first-order valence-corrected chi connectivity index (χ1v) is 14.7. The van der Waals surface area contributed by atoms with Crippen LogP contribution in [-0.2, 0) is 10.3 Å². The van der Waals surface area contributed by atoms with Crippen molar-refractivity contribution in [3.8, 4) is 11.5 Å². The van der Waals surface area contributed by atoms with E-state index in [9.17, 15) is 4.79 Å². The molecular weight excluding hydrogens is 518 g/mol. The number of anilines is 2. The fraction of sp³-hybridized carbons (Fsp3) is 0.286. The number of esters is 1. The van der Waals surface area contributed by atoms with Crippen molar-refractivity contribution in [3.63, 3.8) is 0 Å². The number of nitrogens with zero attached hydrogens (tertiary/aromatic N) is 1. The quantitative estimate of drug-likeness (QED) is 0.238. The van der Waals surface area contributed by atoms with Crippen molar-refractivity contribution >= 4 is 28.9 Å². The lowest BCUT2D eigenvalue weighted by Crippen LogP contribution is -2.36. The second kappa shape index (κ2) is 9.71. The Morgan fingerprint density at radius 3 is 2.30 bits per heavy atom. The predicted molar refractivity (Wildman–Crippen MR) is 159 cm³/mol. The van der Waals surface area contributed by atoms with Gasteiger partial charge in [0, 0.05) is 39.1 Å². The average molecular weight is 550 g/mol. The minimum Gasteiger partial charge on any atom is -0.456 e.